The smallest absolute Gasteiger partial charge is 0.253 e. The number of nitrogens with zero attached hydrogens (tertiary/aromatic N) is 1. The Morgan fingerprint density at radius 1 is 1.41 bits per heavy atom. The molecule has 0 amide bonds. The summed E-state index contributed by atoms with van der Waals surface area (Å²) in [5, 5.41) is -0.411. The molecule has 96 valence electrons. The van der Waals surface area contributed by atoms with E-state index >= 15 is 0 Å². The van der Waals surface area contributed by atoms with Crippen LogP contribution in [-0.2, 0) is 16.4 Å². The van der Waals surface area contributed by atoms with Gasteiger partial charge in [-0.2, -0.15) is 0 Å². The number of sulfone groups is 1. The molecule has 0 aromatic carbocycles. The molecule has 0 fully saturated rings. The van der Waals surface area contributed by atoms with Crippen LogP contribution in [0.15, 0.2) is 21.5 Å². The second-order valence-electron chi connectivity index (χ2n) is 4.26. The van der Waals surface area contributed by atoms with Gasteiger partial charge in [0.05, 0.1) is 11.0 Å². The zero-order chi connectivity index (χ0) is 13.2. The van der Waals surface area contributed by atoms with Crippen molar-refractivity contribution in [3.05, 3.63) is 32.7 Å². The van der Waals surface area contributed by atoms with Crippen molar-refractivity contribution in [3.8, 4) is 0 Å². The first-order valence-corrected chi connectivity index (χ1v) is 7.83. The molecule has 17 heavy (non-hydrogen) atoms. The van der Waals surface area contributed by atoms with E-state index in [2.05, 4.69) is 15.9 Å². The Morgan fingerprint density at radius 3 is 2.53 bits per heavy atom. The molecule has 6 heteroatoms. The van der Waals surface area contributed by atoms with Gasteiger partial charge in [-0.05, 0) is 42.8 Å². The normalized spacial score (nSPS) is 12.1. The number of aromatic nitrogens is 1. The minimum absolute atomic E-state index is 0.0134. The molecule has 0 atom stereocenters. The summed E-state index contributed by atoms with van der Waals surface area (Å²) in [6.07, 6.45) is 1.62. The van der Waals surface area contributed by atoms with Crippen molar-refractivity contribution in [1.29, 1.82) is 0 Å². The van der Waals surface area contributed by atoms with Crippen LogP contribution in [0.3, 0.4) is 0 Å². The number of hydrogen-bond donors (Lipinski definition) is 0. The van der Waals surface area contributed by atoms with Crippen molar-refractivity contribution in [2.45, 2.75) is 32.6 Å². The molecule has 1 aromatic rings. The molecule has 1 aromatic heterocycles. The van der Waals surface area contributed by atoms with E-state index in [1.165, 1.54) is 4.57 Å². The predicted molar refractivity (Wildman–Crippen MR) is 72.1 cm³/mol. The van der Waals surface area contributed by atoms with Crippen LogP contribution >= 0.6 is 15.9 Å². The summed E-state index contributed by atoms with van der Waals surface area (Å²) in [5.41, 5.74) is 0.452. The van der Waals surface area contributed by atoms with Gasteiger partial charge in [0, 0.05) is 22.8 Å². The lowest BCUT2D eigenvalue weighted by Gasteiger charge is -2.10. The van der Waals surface area contributed by atoms with Crippen LogP contribution in [0.25, 0.3) is 0 Å². The first-order chi connectivity index (χ1) is 7.74. The molecule has 0 bridgehead atoms. The molecule has 1 heterocycles. The average Bonchev–Trinajstić information content (AvgIpc) is 2.21. The molecule has 0 aliphatic heterocycles. The summed E-state index contributed by atoms with van der Waals surface area (Å²) in [6, 6.07) is 1.72. The minimum atomic E-state index is -3.11. The summed E-state index contributed by atoms with van der Waals surface area (Å²) in [4.78, 5) is 11.8. The maximum atomic E-state index is 11.8. The zero-order valence-corrected chi connectivity index (χ0v) is 12.5. The Hall–Kier alpha value is -0.620. The Bertz CT molecular complexity index is 561. The number of halogens is 1. The van der Waals surface area contributed by atoms with Crippen LogP contribution < -0.4 is 5.56 Å². The van der Waals surface area contributed by atoms with Gasteiger partial charge in [0.15, 0.2) is 9.84 Å². The number of aryl methyl sites for hydroxylation is 2. The SMILES string of the molecule is Cc1cc(Br)cn(CCS(=O)(=O)C(C)C)c1=O. The molecule has 0 unspecified atom stereocenters. The van der Waals surface area contributed by atoms with Gasteiger partial charge >= 0.3 is 0 Å². The summed E-state index contributed by atoms with van der Waals surface area (Å²) in [6.45, 7) is 5.19. The van der Waals surface area contributed by atoms with Crippen molar-refractivity contribution in [1.82, 2.24) is 4.57 Å². The lowest BCUT2D eigenvalue weighted by atomic mass is 10.3. The van der Waals surface area contributed by atoms with E-state index in [9.17, 15) is 13.2 Å². The van der Waals surface area contributed by atoms with Crippen LogP contribution in [-0.4, -0.2) is 24.0 Å². The third-order valence-corrected chi connectivity index (χ3v) is 5.19. The fourth-order valence-electron chi connectivity index (χ4n) is 1.37. The van der Waals surface area contributed by atoms with Crippen molar-refractivity contribution in [2.24, 2.45) is 0 Å². The largest absolute Gasteiger partial charge is 0.313 e. The van der Waals surface area contributed by atoms with Crippen LogP contribution in [0.5, 0.6) is 0 Å². The highest BCUT2D eigenvalue weighted by molar-refractivity contribution is 9.10. The molecular formula is C11H16BrNO3S. The molecule has 0 N–H and O–H groups in total. The van der Waals surface area contributed by atoms with E-state index in [1.54, 1.807) is 33.0 Å². The highest BCUT2D eigenvalue weighted by atomic mass is 79.9. The molecule has 0 aliphatic carbocycles. The molecule has 0 spiro atoms. The van der Waals surface area contributed by atoms with Crippen molar-refractivity contribution < 1.29 is 8.42 Å². The fourth-order valence-corrected chi connectivity index (χ4v) is 2.88. The fraction of sp³-hybridized carbons (Fsp3) is 0.545. The van der Waals surface area contributed by atoms with E-state index in [1.807, 2.05) is 0 Å². The third-order valence-electron chi connectivity index (χ3n) is 2.57. The summed E-state index contributed by atoms with van der Waals surface area (Å²) >= 11 is 3.29. The summed E-state index contributed by atoms with van der Waals surface area (Å²) < 4.78 is 25.5. The van der Waals surface area contributed by atoms with Gasteiger partial charge in [0.2, 0.25) is 0 Å². The zero-order valence-electron chi connectivity index (χ0n) is 10.1. The predicted octanol–water partition coefficient (Wildman–Crippen LogP) is 1.74. The Labute approximate surface area is 110 Å². The van der Waals surface area contributed by atoms with E-state index in [0.717, 1.165) is 4.47 Å². The van der Waals surface area contributed by atoms with Gasteiger partial charge in [-0.25, -0.2) is 8.42 Å². The van der Waals surface area contributed by atoms with Crippen molar-refractivity contribution in [2.75, 3.05) is 5.75 Å². The van der Waals surface area contributed by atoms with Crippen molar-refractivity contribution in [3.63, 3.8) is 0 Å². The monoisotopic (exact) mass is 321 g/mol. The molecule has 0 radical (unpaired) electrons. The van der Waals surface area contributed by atoms with Gasteiger partial charge in [-0.3, -0.25) is 4.79 Å². The molecule has 0 saturated carbocycles. The van der Waals surface area contributed by atoms with Gasteiger partial charge < -0.3 is 4.57 Å². The lowest BCUT2D eigenvalue weighted by Crippen LogP contribution is -2.27. The van der Waals surface area contributed by atoms with Crippen molar-refractivity contribution >= 4 is 25.8 Å². The number of rotatable bonds is 4. The summed E-state index contributed by atoms with van der Waals surface area (Å²) in [7, 11) is -3.11. The van der Waals surface area contributed by atoms with E-state index in [4.69, 9.17) is 0 Å². The highest BCUT2D eigenvalue weighted by Gasteiger charge is 2.16. The lowest BCUT2D eigenvalue weighted by molar-refractivity contribution is 0.578. The van der Waals surface area contributed by atoms with Gasteiger partial charge in [-0.15, -0.1) is 0 Å². The Balaban J connectivity index is 2.95. The Kier molecular flexibility index (Phi) is 4.55. The number of hydrogen-bond acceptors (Lipinski definition) is 3. The molecule has 1 rings (SSSR count). The molecule has 0 aliphatic rings. The van der Waals surface area contributed by atoms with E-state index < -0.39 is 15.1 Å². The molecular weight excluding hydrogens is 306 g/mol. The van der Waals surface area contributed by atoms with Gasteiger partial charge in [0.1, 0.15) is 0 Å². The maximum absolute atomic E-state index is 11.8. The Morgan fingerprint density at radius 2 is 2.00 bits per heavy atom. The van der Waals surface area contributed by atoms with Crippen LogP contribution in [0.4, 0.5) is 0 Å². The van der Waals surface area contributed by atoms with Gasteiger partial charge in [-0.1, -0.05) is 0 Å². The quantitative estimate of drug-likeness (QED) is 0.848. The van der Waals surface area contributed by atoms with Crippen LogP contribution in [0.1, 0.15) is 19.4 Å². The van der Waals surface area contributed by atoms with Crippen LogP contribution in [0, 0.1) is 6.92 Å². The molecule has 4 nitrogen and oxygen atoms in total. The number of pyridine rings is 1. The van der Waals surface area contributed by atoms with Crippen LogP contribution in [0.2, 0.25) is 0 Å². The van der Waals surface area contributed by atoms with E-state index in [0.29, 0.717) is 5.56 Å². The molecule has 0 saturated heterocycles. The standard InChI is InChI=1S/C11H16BrNO3S/c1-8(2)17(15,16)5-4-13-7-10(12)6-9(3)11(13)14/h6-8H,4-5H2,1-3H3. The third kappa shape index (κ3) is 3.67. The van der Waals surface area contributed by atoms with E-state index in [-0.39, 0.29) is 17.9 Å². The summed E-state index contributed by atoms with van der Waals surface area (Å²) in [5.74, 6) is -0.0134. The average molecular weight is 322 g/mol. The first kappa shape index (κ1) is 14.4. The minimum Gasteiger partial charge on any atom is -0.313 e. The first-order valence-electron chi connectivity index (χ1n) is 5.32. The highest BCUT2D eigenvalue weighted by Crippen LogP contribution is 2.09. The topological polar surface area (TPSA) is 56.1 Å². The second-order valence-corrected chi connectivity index (χ2v) is 7.85. The second kappa shape index (κ2) is 5.35. The maximum Gasteiger partial charge on any atom is 0.253 e. The van der Waals surface area contributed by atoms with Gasteiger partial charge in [0.25, 0.3) is 5.56 Å².